The van der Waals surface area contributed by atoms with Crippen LogP contribution in [0.15, 0.2) is 0 Å². The second-order valence-corrected chi connectivity index (χ2v) is 9.10. The Hall–Kier alpha value is 0.540. The van der Waals surface area contributed by atoms with E-state index in [0.29, 0.717) is 10.7 Å². The molecule has 6 heteroatoms. The molecular weight excluding hydrogens is 288 g/mol. The van der Waals surface area contributed by atoms with Crippen molar-refractivity contribution < 1.29 is 0 Å². The Morgan fingerprint density at radius 2 is 1.25 bits per heavy atom. The van der Waals surface area contributed by atoms with Crippen LogP contribution in [0.1, 0.15) is 38.5 Å². The van der Waals surface area contributed by atoms with Crippen molar-refractivity contribution in [3.8, 4) is 0 Å². The van der Waals surface area contributed by atoms with Crippen molar-refractivity contribution in [1.82, 2.24) is 10.6 Å². The molecule has 4 nitrogen and oxygen atoms in total. The molecule has 0 aromatic rings. The van der Waals surface area contributed by atoms with Crippen LogP contribution in [0.3, 0.4) is 0 Å². The highest BCUT2D eigenvalue weighted by molar-refractivity contribution is 8.01. The van der Waals surface area contributed by atoms with Gasteiger partial charge in [-0.2, -0.15) is 0 Å². The van der Waals surface area contributed by atoms with Gasteiger partial charge in [0, 0.05) is 22.6 Å². The molecule has 2 heterocycles. The maximum absolute atomic E-state index is 5.62. The lowest BCUT2D eigenvalue weighted by molar-refractivity contribution is 0.345. The molecule has 0 amide bonds. The van der Waals surface area contributed by atoms with Crippen molar-refractivity contribution in [1.29, 1.82) is 0 Å². The molecule has 1 saturated carbocycles. The SMILES string of the molecule is NCCCC1NC2CC3SC(CCCN)NC3CC2S1. The Morgan fingerprint density at radius 1 is 0.800 bits per heavy atom. The molecule has 0 aromatic heterocycles. The van der Waals surface area contributed by atoms with Crippen molar-refractivity contribution >= 4 is 23.5 Å². The van der Waals surface area contributed by atoms with Crippen LogP contribution in [0.2, 0.25) is 0 Å². The molecule has 3 rings (SSSR count). The first-order chi connectivity index (χ1) is 9.80. The third-order valence-electron chi connectivity index (χ3n) is 4.69. The summed E-state index contributed by atoms with van der Waals surface area (Å²) in [6, 6.07) is 1.46. The molecule has 2 aliphatic heterocycles. The second-order valence-electron chi connectivity index (χ2n) is 6.21. The lowest BCUT2D eigenvalue weighted by atomic mass is 9.90. The van der Waals surface area contributed by atoms with Crippen LogP contribution >= 0.6 is 23.5 Å². The van der Waals surface area contributed by atoms with Crippen LogP contribution in [0, 0.1) is 0 Å². The summed E-state index contributed by atoms with van der Waals surface area (Å²) in [5, 5.41) is 10.6. The van der Waals surface area contributed by atoms with E-state index < -0.39 is 0 Å². The van der Waals surface area contributed by atoms with E-state index in [2.05, 4.69) is 34.2 Å². The number of hydrogen-bond donors (Lipinski definition) is 4. The van der Waals surface area contributed by atoms with Gasteiger partial charge in [0.2, 0.25) is 0 Å². The number of rotatable bonds is 6. The Bertz CT molecular complexity index is 268. The fourth-order valence-electron chi connectivity index (χ4n) is 3.67. The van der Waals surface area contributed by atoms with Crippen LogP contribution in [0.4, 0.5) is 0 Å². The molecular formula is C14H28N4S2. The lowest BCUT2D eigenvalue weighted by Crippen LogP contribution is -2.47. The highest BCUT2D eigenvalue weighted by atomic mass is 32.2. The zero-order chi connectivity index (χ0) is 13.9. The molecule has 0 spiro atoms. The summed E-state index contributed by atoms with van der Waals surface area (Å²) < 4.78 is 0. The van der Waals surface area contributed by atoms with Gasteiger partial charge in [0.1, 0.15) is 0 Å². The average molecular weight is 317 g/mol. The number of fused-ring (bicyclic) bond motifs is 2. The van der Waals surface area contributed by atoms with Gasteiger partial charge >= 0.3 is 0 Å². The van der Waals surface area contributed by atoms with Gasteiger partial charge in [-0.3, -0.25) is 0 Å². The van der Waals surface area contributed by atoms with Crippen molar-refractivity contribution in [2.75, 3.05) is 13.1 Å². The monoisotopic (exact) mass is 316 g/mol. The van der Waals surface area contributed by atoms with Gasteiger partial charge in [0.15, 0.2) is 0 Å². The third-order valence-corrected chi connectivity index (χ3v) is 7.83. The Morgan fingerprint density at radius 3 is 1.65 bits per heavy atom. The second kappa shape index (κ2) is 7.20. The Labute approximate surface area is 130 Å². The van der Waals surface area contributed by atoms with Crippen LogP contribution in [0.25, 0.3) is 0 Å². The summed E-state index contributed by atoms with van der Waals surface area (Å²) in [4.78, 5) is 0. The molecule has 1 aliphatic carbocycles. The molecule has 6 unspecified atom stereocenters. The zero-order valence-corrected chi connectivity index (χ0v) is 13.7. The van der Waals surface area contributed by atoms with E-state index in [4.69, 9.17) is 11.5 Å². The van der Waals surface area contributed by atoms with Crippen molar-refractivity contribution in [3.63, 3.8) is 0 Å². The van der Waals surface area contributed by atoms with Gasteiger partial charge in [0.25, 0.3) is 0 Å². The normalized spacial score (nSPS) is 43.5. The number of hydrogen-bond acceptors (Lipinski definition) is 6. The maximum Gasteiger partial charge on any atom is 0.0538 e. The van der Waals surface area contributed by atoms with Gasteiger partial charge in [0.05, 0.1) is 10.7 Å². The minimum absolute atomic E-state index is 0.644. The largest absolute Gasteiger partial charge is 0.330 e. The summed E-state index contributed by atoms with van der Waals surface area (Å²) in [5.74, 6) is 0. The molecule has 3 aliphatic rings. The lowest BCUT2D eigenvalue weighted by Gasteiger charge is -2.32. The fourth-order valence-corrected chi connectivity index (χ4v) is 7.02. The van der Waals surface area contributed by atoms with E-state index >= 15 is 0 Å². The molecule has 2 saturated heterocycles. The van der Waals surface area contributed by atoms with Crippen molar-refractivity contribution in [3.05, 3.63) is 0 Å². The molecule has 3 fully saturated rings. The minimum atomic E-state index is 0.644. The van der Waals surface area contributed by atoms with Crippen LogP contribution in [-0.2, 0) is 0 Å². The zero-order valence-electron chi connectivity index (χ0n) is 12.1. The Kier molecular flexibility index (Phi) is 5.56. The first-order valence-corrected chi connectivity index (χ1v) is 9.92. The average Bonchev–Trinajstić information content (AvgIpc) is 3.01. The van der Waals surface area contributed by atoms with E-state index in [-0.39, 0.29) is 0 Å². The van der Waals surface area contributed by atoms with Crippen molar-refractivity contribution in [2.45, 2.75) is 71.9 Å². The van der Waals surface area contributed by atoms with E-state index in [1.807, 2.05) is 0 Å². The first kappa shape index (κ1) is 15.4. The van der Waals surface area contributed by atoms with Crippen LogP contribution in [0.5, 0.6) is 0 Å². The standard InChI is InChI=1S/C14H28N4S2/c15-5-1-3-13-17-9-7-12-10(8-11(9)19-13)18-14(20-12)4-2-6-16/h9-14,17-18H,1-8,15-16H2. The summed E-state index contributed by atoms with van der Waals surface area (Å²) in [6.07, 6.45) is 7.40. The Balaban J connectivity index is 1.48. The number of nitrogens with two attached hydrogens (primary N) is 2. The molecule has 6 N–H and O–H groups in total. The summed E-state index contributed by atoms with van der Waals surface area (Å²) in [7, 11) is 0. The molecule has 0 aromatic carbocycles. The summed E-state index contributed by atoms with van der Waals surface area (Å²) >= 11 is 4.33. The van der Waals surface area contributed by atoms with Gasteiger partial charge in [-0.1, -0.05) is 0 Å². The molecule has 0 radical (unpaired) electrons. The van der Waals surface area contributed by atoms with Gasteiger partial charge in [-0.25, -0.2) is 0 Å². The number of nitrogens with one attached hydrogen (secondary N) is 2. The summed E-state index contributed by atoms with van der Waals surface area (Å²) in [5.41, 5.74) is 11.2. The quantitative estimate of drug-likeness (QED) is 0.587. The fraction of sp³-hybridized carbons (Fsp3) is 1.00. The van der Waals surface area contributed by atoms with Crippen LogP contribution in [-0.4, -0.2) is 46.4 Å². The maximum atomic E-state index is 5.62. The molecule has 116 valence electrons. The van der Waals surface area contributed by atoms with Crippen LogP contribution < -0.4 is 22.1 Å². The smallest absolute Gasteiger partial charge is 0.0538 e. The molecule has 6 atom stereocenters. The topological polar surface area (TPSA) is 76.1 Å². The minimum Gasteiger partial charge on any atom is -0.330 e. The van der Waals surface area contributed by atoms with Gasteiger partial charge in [-0.15, -0.1) is 23.5 Å². The molecule has 20 heavy (non-hydrogen) atoms. The van der Waals surface area contributed by atoms with E-state index in [9.17, 15) is 0 Å². The highest BCUT2D eigenvalue weighted by Crippen LogP contribution is 2.45. The highest BCUT2D eigenvalue weighted by Gasteiger charge is 2.46. The van der Waals surface area contributed by atoms with Gasteiger partial charge in [-0.05, 0) is 51.6 Å². The van der Waals surface area contributed by atoms with E-state index in [1.165, 1.54) is 25.7 Å². The predicted octanol–water partition coefficient (Wildman–Crippen LogP) is 1.06. The first-order valence-electron chi connectivity index (χ1n) is 8.03. The number of thioether (sulfide) groups is 2. The van der Waals surface area contributed by atoms with Crippen molar-refractivity contribution in [2.24, 2.45) is 11.5 Å². The molecule has 0 bridgehead atoms. The predicted molar refractivity (Wildman–Crippen MR) is 90.0 cm³/mol. The summed E-state index contributed by atoms with van der Waals surface area (Å²) in [6.45, 7) is 1.64. The van der Waals surface area contributed by atoms with E-state index in [0.717, 1.165) is 48.5 Å². The van der Waals surface area contributed by atoms with E-state index in [1.54, 1.807) is 0 Å². The third kappa shape index (κ3) is 3.47. The van der Waals surface area contributed by atoms with Gasteiger partial charge < -0.3 is 22.1 Å².